The van der Waals surface area contributed by atoms with E-state index >= 15 is 0 Å². The normalized spacial score (nSPS) is 11.8. The Balaban J connectivity index is 3.17. The highest BCUT2D eigenvalue weighted by atomic mass is 35.5. The molecule has 0 heterocycles. The molecule has 0 saturated carbocycles. The van der Waals surface area contributed by atoms with Gasteiger partial charge in [0.1, 0.15) is 5.82 Å². The molecule has 14 heavy (non-hydrogen) atoms. The van der Waals surface area contributed by atoms with Crippen molar-refractivity contribution >= 4 is 11.6 Å². The van der Waals surface area contributed by atoms with Crippen molar-refractivity contribution in [3.05, 3.63) is 34.6 Å². The van der Waals surface area contributed by atoms with Gasteiger partial charge in [-0.1, -0.05) is 17.7 Å². The van der Waals surface area contributed by atoms with E-state index in [9.17, 15) is 13.2 Å². The van der Waals surface area contributed by atoms with Crippen LogP contribution in [0.15, 0.2) is 18.2 Å². The number of alkyl halides is 2. The smallest absolute Gasteiger partial charge is 0.289 e. The molecule has 0 unspecified atom stereocenters. The lowest BCUT2D eigenvalue weighted by molar-refractivity contribution is -0.00458. The third-order valence-corrected chi connectivity index (χ3v) is 2.04. The number of nitrogens with one attached hydrogen (secondary N) is 1. The van der Waals surface area contributed by atoms with Crippen molar-refractivity contribution in [3.63, 3.8) is 0 Å². The van der Waals surface area contributed by atoms with Crippen LogP contribution in [-0.4, -0.2) is 13.6 Å². The summed E-state index contributed by atoms with van der Waals surface area (Å²) in [6.45, 7) is -0.645. The zero-order valence-electron chi connectivity index (χ0n) is 7.45. The van der Waals surface area contributed by atoms with E-state index in [-0.39, 0.29) is 5.02 Å². The van der Waals surface area contributed by atoms with Crippen LogP contribution in [0.25, 0.3) is 0 Å². The molecule has 0 saturated heterocycles. The fourth-order valence-electron chi connectivity index (χ4n) is 1.16. The Morgan fingerprint density at radius 1 is 1.43 bits per heavy atom. The van der Waals surface area contributed by atoms with E-state index in [1.807, 2.05) is 0 Å². The predicted octanol–water partition coefficient (Wildman–Crippen LogP) is 2.79. The van der Waals surface area contributed by atoms with Gasteiger partial charge in [-0.3, -0.25) is 0 Å². The molecule has 0 radical (unpaired) electrons. The first-order valence-electron chi connectivity index (χ1n) is 3.96. The van der Waals surface area contributed by atoms with Crippen LogP contribution in [0, 0.1) is 5.82 Å². The molecule has 0 aromatic heterocycles. The minimum absolute atomic E-state index is 0.259. The average molecular weight is 224 g/mol. The van der Waals surface area contributed by atoms with Gasteiger partial charge in [0.2, 0.25) is 0 Å². The topological polar surface area (TPSA) is 12.0 Å². The molecular weight excluding hydrogens is 215 g/mol. The molecule has 0 amide bonds. The molecular formula is C9H9ClF3N. The maximum atomic E-state index is 13.3. The van der Waals surface area contributed by atoms with Gasteiger partial charge < -0.3 is 5.32 Å². The van der Waals surface area contributed by atoms with Crippen molar-refractivity contribution in [1.82, 2.24) is 5.32 Å². The zero-order chi connectivity index (χ0) is 10.8. The fourth-order valence-corrected chi connectivity index (χ4v) is 1.46. The molecule has 1 aromatic carbocycles. The van der Waals surface area contributed by atoms with E-state index in [2.05, 4.69) is 5.32 Å². The molecule has 0 bridgehead atoms. The molecule has 0 atom stereocenters. The lowest BCUT2D eigenvalue weighted by Crippen LogP contribution is -2.29. The van der Waals surface area contributed by atoms with E-state index in [4.69, 9.17) is 11.6 Å². The summed E-state index contributed by atoms with van der Waals surface area (Å²) in [4.78, 5) is 0. The molecule has 0 aliphatic carbocycles. The van der Waals surface area contributed by atoms with Crippen LogP contribution in [0.2, 0.25) is 5.02 Å². The lowest BCUT2D eigenvalue weighted by Gasteiger charge is -2.17. The Bertz CT molecular complexity index is 308. The largest absolute Gasteiger partial charge is 0.314 e. The van der Waals surface area contributed by atoms with Gasteiger partial charge in [0.15, 0.2) is 0 Å². The maximum Gasteiger partial charge on any atom is 0.289 e. The number of rotatable bonds is 3. The number of likely N-dealkylation sites (N-methyl/N-ethyl adjacent to an activating group) is 1. The van der Waals surface area contributed by atoms with E-state index in [0.717, 1.165) is 6.07 Å². The second kappa shape index (κ2) is 4.19. The number of hydrogen-bond acceptors (Lipinski definition) is 1. The van der Waals surface area contributed by atoms with Gasteiger partial charge in [0, 0.05) is 0 Å². The highest BCUT2D eigenvalue weighted by molar-refractivity contribution is 6.31. The van der Waals surface area contributed by atoms with Crippen LogP contribution in [0.1, 0.15) is 5.56 Å². The van der Waals surface area contributed by atoms with Crippen molar-refractivity contribution < 1.29 is 13.2 Å². The van der Waals surface area contributed by atoms with Crippen molar-refractivity contribution in [3.8, 4) is 0 Å². The predicted molar refractivity (Wildman–Crippen MR) is 49.2 cm³/mol. The minimum Gasteiger partial charge on any atom is -0.314 e. The van der Waals surface area contributed by atoms with Crippen LogP contribution in [0.5, 0.6) is 0 Å². The molecule has 1 N–H and O–H groups in total. The van der Waals surface area contributed by atoms with Gasteiger partial charge >= 0.3 is 0 Å². The molecule has 1 aromatic rings. The molecule has 0 aliphatic rings. The highest BCUT2D eigenvalue weighted by Gasteiger charge is 2.35. The minimum atomic E-state index is -3.29. The molecule has 78 valence electrons. The van der Waals surface area contributed by atoms with Gasteiger partial charge in [-0.25, -0.2) is 4.39 Å². The van der Waals surface area contributed by atoms with E-state index < -0.39 is 23.8 Å². The third kappa shape index (κ3) is 2.19. The summed E-state index contributed by atoms with van der Waals surface area (Å²) in [5.41, 5.74) is -0.754. The van der Waals surface area contributed by atoms with E-state index in [1.165, 1.54) is 19.2 Å². The van der Waals surface area contributed by atoms with Crippen molar-refractivity contribution in [2.45, 2.75) is 5.92 Å². The summed E-state index contributed by atoms with van der Waals surface area (Å²) in [7, 11) is 1.36. The molecule has 1 nitrogen and oxygen atoms in total. The SMILES string of the molecule is CNCC(F)(F)c1c(F)cccc1Cl. The first-order valence-corrected chi connectivity index (χ1v) is 4.34. The first kappa shape index (κ1) is 11.3. The summed E-state index contributed by atoms with van der Waals surface area (Å²) in [5, 5.41) is 2.03. The van der Waals surface area contributed by atoms with Crippen LogP contribution in [-0.2, 0) is 5.92 Å². The van der Waals surface area contributed by atoms with Crippen LogP contribution in [0.4, 0.5) is 13.2 Å². The van der Waals surface area contributed by atoms with Gasteiger partial charge in [-0.2, -0.15) is 8.78 Å². The zero-order valence-corrected chi connectivity index (χ0v) is 8.21. The third-order valence-electron chi connectivity index (χ3n) is 1.73. The first-order chi connectivity index (χ1) is 6.49. The van der Waals surface area contributed by atoms with Crippen molar-refractivity contribution in [2.24, 2.45) is 0 Å². The fraction of sp³-hybridized carbons (Fsp3) is 0.333. The van der Waals surface area contributed by atoms with Gasteiger partial charge in [-0.05, 0) is 19.2 Å². The van der Waals surface area contributed by atoms with Gasteiger partial charge in [0.05, 0.1) is 17.1 Å². The second-order valence-electron chi connectivity index (χ2n) is 2.83. The summed E-state index contributed by atoms with van der Waals surface area (Å²) < 4.78 is 39.7. The number of halogens is 4. The summed E-state index contributed by atoms with van der Waals surface area (Å²) in [6.07, 6.45) is 0. The Kier molecular flexibility index (Phi) is 3.39. The van der Waals surface area contributed by atoms with Crippen molar-refractivity contribution in [1.29, 1.82) is 0 Å². The van der Waals surface area contributed by atoms with E-state index in [1.54, 1.807) is 0 Å². The quantitative estimate of drug-likeness (QED) is 0.831. The second-order valence-corrected chi connectivity index (χ2v) is 3.24. The molecule has 1 rings (SSSR count). The Morgan fingerprint density at radius 2 is 2.07 bits per heavy atom. The number of benzene rings is 1. The molecule has 0 spiro atoms. The Hall–Kier alpha value is -0.740. The monoisotopic (exact) mass is 223 g/mol. The summed E-state index contributed by atoms with van der Waals surface area (Å²) >= 11 is 5.50. The standard InChI is InChI=1S/C9H9ClF3N/c1-14-5-9(12,13)8-6(10)3-2-4-7(8)11/h2-4,14H,5H2,1H3. The van der Waals surface area contributed by atoms with Crippen LogP contribution in [0.3, 0.4) is 0 Å². The van der Waals surface area contributed by atoms with Crippen molar-refractivity contribution in [2.75, 3.05) is 13.6 Å². The molecule has 0 fully saturated rings. The highest BCUT2D eigenvalue weighted by Crippen LogP contribution is 2.34. The molecule has 0 aliphatic heterocycles. The molecule has 5 heteroatoms. The van der Waals surface area contributed by atoms with Crippen LogP contribution < -0.4 is 5.32 Å². The van der Waals surface area contributed by atoms with E-state index in [0.29, 0.717) is 0 Å². The van der Waals surface area contributed by atoms with Gasteiger partial charge in [-0.15, -0.1) is 0 Å². The lowest BCUT2D eigenvalue weighted by atomic mass is 10.1. The summed E-state index contributed by atoms with van der Waals surface area (Å²) in [6, 6.07) is 3.49. The van der Waals surface area contributed by atoms with Crippen LogP contribution >= 0.6 is 11.6 Å². The summed E-state index contributed by atoms with van der Waals surface area (Å²) in [5.74, 6) is -4.28. The Labute approximate surface area is 84.9 Å². The maximum absolute atomic E-state index is 13.3. The number of hydrogen-bond donors (Lipinski definition) is 1. The Morgan fingerprint density at radius 3 is 2.57 bits per heavy atom. The average Bonchev–Trinajstić information content (AvgIpc) is 2.02. The van der Waals surface area contributed by atoms with Gasteiger partial charge in [0.25, 0.3) is 5.92 Å².